The lowest BCUT2D eigenvalue weighted by atomic mass is 9.93. The summed E-state index contributed by atoms with van der Waals surface area (Å²) in [7, 11) is 1.67. The number of carbonyl (C=O) groups excluding carboxylic acids is 1. The number of carbonyl (C=O) groups is 1. The van der Waals surface area contributed by atoms with Crippen molar-refractivity contribution in [1.82, 2.24) is 10.6 Å². The average Bonchev–Trinajstić information content (AvgIpc) is 2.25. The number of hydrogen-bond acceptors (Lipinski definition) is 3. The lowest BCUT2D eigenvalue weighted by molar-refractivity contribution is -0.127. The Kier molecular flexibility index (Phi) is 2.93. The summed E-state index contributed by atoms with van der Waals surface area (Å²) in [4.78, 5) is 15.7. The second-order valence-corrected chi connectivity index (χ2v) is 3.97. The molecule has 0 aromatic carbocycles. The van der Waals surface area contributed by atoms with Gasteiger partial charge < -0.3 is 10.6 Å². The molecule has 0 bridgehead atoms. The van der Waals surface area contributed by atoms with Crippen molar-refractivity contribution in [2.24, 2.45) is 10.4 Å². The number of hydrogen-bond donors (Lipinski definition) is 2. The first-order valence-electron chi connectivity index (χ1n) is 4.70. The third kappa shape index (κ3) is 1.95. The van der Waals surface area contributed by atoms with E-state index in [1.165, 1.54) is 0 Å². The maximum Gasteiger partial charge on any atom is 0.233 e. The summed E-state index contributed by atoms with van der Waals surface area (Å²) < 4.78 is 0. The number of amides is 1. The molecule has 1 amide bonds. The molecule has 78 valence electrons. The van der Waals surface area contributed by atoms with E-state index in [0.717, 1.165) is 5.70 Å². The largest absolute Gasteiger partial charge is 0.381 e. The van der Waals surface area contributed by atoms with E-state index < -0.39 is 5.41 Å². The molecule has 4 heteroatoms. The van der Waals surface area contributed by atoms with Gasteiger partial charge in [0.25, 0.3) is 0 Å². The van der Waals surface area contributed by atoms with Gasteiger partial charge in [0, 0.05) is 13.6 Å². The molecule has 14 heavy (non-hydrogen) atoms. The summed E-state index contributed by atoms with van der Waals surface area (Å²) in [6, 6.07) is 0. The molecule has 0 unspecified atom stereocenters. The van der Waals surface area contributed by atoms with E-state index >= 15 is 0 Å². The van der Waals surface area contributed by atoms with Gasteiger partial charge in [0.15, 0.2) is 5.84 Å². The number of amidine groups is 1. The minimum Gasteiger partial charge on any atom is -0.381 e. The van der Waals surface area contributed by atoms with Crippen LogP contribution in [0.3, 0.4) is 0 Å². The van der Waals surface area contributed by atoms with Crippen LogP contribution in [0.4, 0.5) is 0 Å². The molecule has 0 aliphatic carbocycles. The molecule has 1 rings (SSSR count). The van der Waals surface area contributed by atoms with E-state index in [-0.39, 0.29) is 5.91 Å². The van der Waals surface area contributed by atoms with Crippen molar-refractivity contribution in [1.29, 1.82) is 0 Å². The van der Waals surface area contributed by atoms with E-state index in [1.54, 1.807) is 7.05 Å². The molecule has 2 N–H and O–H groups in total. The van der Waals surface area contributed by atoms with Crippen LogP contribution in [-0.2, 0) is 4.79 Å². The van der Waals surface area contributed by atoms with Crippen molar-refractivity contribution in [3.05, 3.63) is 11.8 Å². The van der Waals surface area contributed by atoms with Gasteiger partial charge in [-0.3, -0.25) is 9.79 Å². The zero-order valence-corrected chi connectivity index (χ0v) is 9.14. The zero-order valence-electron chi connectivity index (χ0n) is 9.14. The lowest BCUT2D eigenvalue weighted by Crippen LogP contribution is -2.39. The summed E-state index contributed by atoms with van der Waals surface area (Å²) in [6.07, 6.45) is 1.91. The Hall–Kier alpha value is -1.32. The maximum absolute atomic E-state index is 11.7. The summed E-state index contributed by atoms with van der Waals surface area (Å²) in [5.41, 5.74) is 0.479. The number of nitrogens with zero attached hydrogens (tertiary/aromatic N) is 1. The van der Waals surface area contributed by atoms with Crippen LogP contribution in [0, 0.1) is 5.41 Å². The molecule has 1 aliphatic heterocycles. The highest BCUT2D eigenvalue weighted by Crippen LogP contribution is 2.17. The van der Waals surface area contributed by atoms with Crippen molar-refractivity contribution in [2.45, 2.75) is 20.8 Å². The topological polar surface area (TPSA) is 53.5 Å². The molecule has 0 aromatic heterocycles. The fourth-order valence-electron chi connectivity index (χ4n) is 1.24. The molecule has 1 heterocycles. The van der Waals surface area contributed by atoms with Gasteiger partial charge in [0.05, 0.1) is 11.1 Å². The van der Waals surface area contributed by atoms with Crippen LogP contribution in [0.15, 0.2) is 16.8 Å². The van der Waals surface area contributed by atoms with Crippen LogP contribution in [0.2, 0.25) is 0 Å². The Labute approximate surface area is 84.5 Å². The van der Waals surface area contributed by atoms with E-state index in [9.17, 15) is 4.79 Å². The second-order valence-electron chi connectivity index (χ2n) is 3.97. The van der Waals surface area contributed by atoms with Gasteiger partial charge in [-0.2, -0.15) is 0 Å². The van der Waals surface area contributed by atoms with E-state index in [1.807, 2.05) is 26.8 Å². The molecule has 0 saturated carbocycles. The fraction of sp³-hybridized carbons (Fsp3) is 0.600. The van der Waals surface area contributed by atoms with Gasteiger partial charge >= 0.3 is 0 Å². The van der Waals surface area contributed by atoms with Gasteiger partial charge in [-0.25, -0.2) is 0 Å². The molecular weight excluding hydrogens is 178 g/mol. The molecule has 1 saturated heterocycles. The first-order valence-corrected chi connectivity index (χ1v) is 4.70. The van der Waals surface area contributed by atoms with E-state index in [0.29, 0.717) is 12.4 Å². The molecule has 0 radical (unpaired) electrons. The predicted octanol–water partition coefficient (Wildman–Crippen LogP) is 0.664. The standard InChI is InChI=1S/C10H17N3O/c1-5-7-8(11-4)13-9(14)10(2,3)6-12-7/h5,12H,6H2,1-4H3,(H,11,13,14)/b7-5+. The fourth-order valence-corrected chi connectivity index (χ4v) is 1.24. The van der Waals surface area contributed by atoms with E-state index in [2.05, 4.69) is 15.6 Å². The Morgan fingerprint density at radius 1 is 1.50 bits per heavy atom. The Bertz CT molecular complexity index is 302. The number of aliphatic imine (C=N–C) groups is 1. The number of allylic oxidation sites excluding steroid dienone is 1. The molecule has 0 spiro atoms. The van der Waals surface area contributed by atoms with Crippen molar-refractivity contribution in [3.63, 3.8) is 0 Å². The zero-order chi connectivity index (χ0) is 10.8. The molecular formula is C10H17N3O. The van der Waals surface area contributed by atoms with Gasteiger partial charge in [-0.15, -0.1) is 0 Å². The highest BCUT2D eigenvalue weighted by Gasteiger charge is 2.32. The van der Waals surface area contributed by atoms with Crippen LogP contribution >= 0.6 is 0 Å². The first-order chi connectivity index (χ1) is 6.51. The SMILES string of the molecule is C/C=C1/NCC(C)(C)C(=O)NC1=NC. The highest BCUT2D eigenvalue weighted by atomic mass is 16.2. The normalized spacial score (nSPS) is 27.0. The van der Waals surface area contributed by atoms with Crippen molar-refractivity contribution < 1.29 is 4.79 Å². The van der Waals surface area contributed by atoms with Crippen molar-refractivity contribution in [2.75, 3.05) is 13.6 Å². The van der Waals surface area contributed by atoms with Crippen molar-refractivity contribution >= 4 is 11.7 Å². The highest BCUT2D eigenvalue weighted by molar-refractivity contribution is 6.09. The first kappa shape index (κ1) is 10.8. The molecule has 0 aromatic rings. The van der Waals surface area contributed by atoms with Crippen LogP contribution in [-0.4, -0.2) is 25.3 Å². The van der Waals surface area contributed by atoms with Gasteiger partial charge in [-0.05, 0) is 20.8 Å². The van der Waals surface area contributed by atoms with Crippen LogP contribution in [0.5, 0.6) is 0 Å². The van der Waals surface area contributed by atoms with Gasteiger partial charge in [-0.1, -0.05) is 6.08 Å². The summed E-state index contributed by atoms with van der Waals surface area (Å²) >= 11 is 0. The van der Waals surface area contributed by atoms with Gasteiger partial charge in [0.1, 0.15) is 0 Å². The van der Waals surface area contributed by atoms with Crippen molar-refractivity contribution in [3.8, 4) is 0 Å². The maximum atomic E-state index is 11.7. The second kappa shape index (κ2) is 3.82. The van der Waals surface area contributed by atoms with Crippen LogP contribution < -0.4 is 10.6 Å². The Morgan fingerprint density at radius 2 is 2.14 bits per heavy atom. The Balaban J connectivity index is 3.00. The monoisotopic (exact) mass is 195 g/mol. The predicted molar refractivity (Wildman–Crippen MR) is 57.0 cm³/mol. The molecule has 1 aliphatic rings. The Morgan fingerprint density at radius 3 is 2.64 bits per heavy atom. The number of rotatable bonds is 0. The molecule has 0 atom stereocenters. The molecule has 1 fully saturated rings. The minimum absolute atomic E-state index is 0.00227. The summed E-state index contributed by atoms with van der Waals surface area (Å²) in [6.45, 7) is 6.35. The summed E-state index contributed by atoms with van der Waals surface area (Å²) in [5, 5.41) is 6.00. The number of nitrogens with one attached hydrogen (secondary N) is 2. The average molecular weight is 195 g/mol. The lowest BCUT2D eigenvalue weighted by Gasteiger charge is -2.19. The quantitative estimate of drug-likeness (QED) is 0.596. The van der Waals surface area contributed by atoms with Crippen LogP contribution in [0.1, 0.15) is 20.8 Å². The molecule has 4 nitrogen and oxygen atoms in total. The summed E-state index contributed by atoms with van der Waals surface area (Å²) in [5.74, 6) is 0.616. The van der Waals surface area contributed by atoms with E-state index in [4.69, 9.17) is 0 Å². The minimum atomic E-state index is -0.402. The third-order valence-corrected chi connectivity index (χ3v) is 2.33. The smallest absolute Gasteiger partial charge is 0.233 e. The van der Waals surface area contributed by atoms with Gasteiger partial charge in [0.2, 0.25) is 5.91 Å². The third-order valence-electron chi connectivity index (χ3n) is 2.33. The van der Waals surface area contributed by atoms with Crippen LogP contribution in [0.25, 0.3) is 0 Å².